The highest BCUT2D eigenvalue weighted by atomic mass is 16.5. The van der Waals surface area contributed by atoms with Crippen LogP contribution in [0.25, 0.3) is 11.1 Å². The third kappa shape index (κ3) is 4.91. The minimum atomic E-state index is -1.04. The first kappa shape index (κ1) is 23.0. The van der Waals surface area contributed by atoms with Crippen LogP contribution in [0.1, 0.15) is 47.8 Å². The molecule has 0 bridgehead atoms. The molecule has 0 radical (unpaired) electrons. The predicted molar refractivity (Wildman–Crippen MR) is 127 cm³/mol. The largest absolute Gasteiger partial charge is 0.481 e. The summed E-state index contributed by atoms with van der Waals surface area (Å²) in [6, 6.07) is 19.2. The minimum Gasteiger partial charge on any atom is -0.481 e. The quantitative estimate of drug-likeness (QED) is 0.481. The summed E-state index contributed by atoms with van der Waals surface area (Å²) in [7, 11) is 0. The van der Waals surface area contributed by atoms with Gasteiger partial charge in [0.25, 0.3) is 5.91 Å². The third-order valence-electron chi connectivity index (χ3n) is 5.65. The standard InChI is InChI=1S/C26H25N3O5/c1-26(2,14-22(30)31)29-24(32)23-21(12-7-13-27-23)28-25(33)34-15-20-18-10-5-3-8-16(18)17-9-4-6-11-19(17)20/h3-13,20H,14-15H2,1-2H3,(H,28,33)(H,29,32)(H,30,31). The van der Waals surface area contributed by atoms with Gasteiger partial charge in [-0.2, -0.15) is 0 Å². The zero-order valence-corrected chi connectivity index (χ0v) is 18.9. The zero-order chi connectivity index (χ0) is 24.3. The maximum atomic E-state index is 12.7. The number of carbonyl (C=O) groups excluding carboxylic acids is 2. The van der Waals surface area contributed by atoms with E-state index in [1.165, 1.54) is 12.3 Å². The van der Waals surface area contributed by atoms with Crippen molar-refractivity contribution in [1.29, 1.82) is 0 Å². The molecule has 0 fully saturated rings. The number of hydrogen-bond donors (Lipinski definition) is 3. The van der Waals surface area contributed by atoms with E-state index in [0.717, 1.165) is 22.3 Å². The minimum absolute atomic E-state index is 0.0329. The normalized spacial score (nSPS) is 12.4. The summed E-state index contributed by atoms with van der Waals surface area (Å²) < 4.78 is 5.54. The SMILES string of the molecule is CC(C)(CC(=O)O)NC(=O)c1ncccc1NC(=O)OCC1c2ccccc2-c2ccccc21. The van der Waals surface area contributed by atoms with Crippen LogP contribution in [0.4, 0.5) is 10.5 Å². The van der Waals surface area contributed by atoms with E-state index in [1.807, 2.05) is 36.4 Å². The molecule has 8 heteroatoms. The van der Waals surface area contributed by atoms with Crippen LogP contribution < -0.4 is 10.6 Å². The van der Waals surface area contributed by atoms with Crippen molar-refractivity contribution in [1.82, 2.24) is 10.3 Å². The molecule has 3 N–H and O–H groups in total. The average molecular weight is 460 g/mol. The van der Waals surface area contributed by atoms with Gasteiger partial charge in [0.15, 0.2) is 5.69 Å². The molecule has 4 rings (SSSR count). The lowest BCUT2D eigenvalue weighted by Gasteiger charge is -2.24. The number of carboxylic acids is 1. The third-order valence-corrected chi connectivity index (χ3v) is 5.65. The van der Waals surface area contributed by atoms with Crippen LogP contribution in [0.5, 0.6) is 0 Å². The van der Waals surface area contributed by atoms with Gasteiger partial charge in [-0.15, -0.1) is 0 Å². The maximum absolute atomic E-state index is 12.7. The van der Waals surface area contributed by atoms with Gasteiger partial charge in [-0.25, -0.2) is 9.78 Å². The summed E-state index contributed by atoms with van der Waals surface area (Å²) in [5, 5.41) is 14.3. The number of carbonyl (C=O) groups is 3. The predicted octanol–water partition coefficient (Wildman–Crippen LogP) is 4.43. The number of hydrogen-bond acceptors (Lipinski definition) is 5. The zero-order valence-electron chi connectivity index (χ0n) is 18.9. The summed E-state index contributed by atoms with van der Waals surface area (Å²) in [5.41, 5.74) is 3.58. The number of fused-ring (bicyclic) bond motifs is 3. The number of aromatic nitrogens is 1. The first-order valence-electron chi connectivity index (χ1n) is 10.9. The van der Waals surface area contributed by atoms with E-state index in [1.54, 1.807) is 19.9 Å². The van der Waals surface area contributed by atoms with Crippen LogP contribution >= 0.6 is 0 Å². The van der Waals surface area contributed by atoms with Gasteiger partial charge in [0.2, 0.25) is 0 Å². The Bertz CT molecular complexity index is 1210. The Morgan fingerprint density at radius 1 is 0.971 bits per heavy atom. The van der Waals surface area contributed by atoms with Crippen molar-refractivity contribution < 1.29 is 24.2 Å². The van der Waals surface area contributed by atoms with Crippen molar-refractivity contribution in [2.24, 2.45) is 0 Å². The molecule has 0 aliphatic heterocycles. The van der Waals surface area contributed by atoms with Crippen molar-refractivity contribution >= 4 is 23.7 Å². The lowest BCUT2D eigenvalue weighted by Crippen LogP contribution is -2.45. The molecule has 1 aromatic heterocycles. The molecule has 34 heavy (non-hydrogen) atoms. The van der Waals surface area contributed by atoms with Gasteiger partial charge < -0.3 is 15.2 Å². The number of anilines is 1. The highest BCUT2D eigenvalue weighted by Crippen LogP contribution is 2.44. The number of rotatable bonds is 7. The summed E-state index contributed by atoms with van der Waals surface area (Å²) in [4.78, 5) is 40.5. The Labute approximate surface area is 197 Å². The molecule has 0 saturated carbocycles. The Hall–Kier alpha value is -4.20. The summed E-state index contributed by atoms with van der Waals surface area (Å²) >= 11 is 0. The monoisotopic (exact) mass is 459 g/mol. The van der Waals surface area contributed by atoms with E-state index >= 15 is 0 Å². The molecule has 3 aromatic rings. The molecular weight excluding hydrogens is 434 g/mol. The number of amides is 2. The highest BCUT2D eigenvalue weighted by molar-refractivity contribution is 6.01. The van der Waals surface area contributed by atoms with E-state index < -0.39 is 23.5 Å². The number of benzene rings is 2. The van der Waals surface area contributed by atoms with Crippen molar-refractivity contribution in [3.05, 3.63) is 83.7 Å². The van der Waals surface area contributed by atoms with Crippen LogP contribution in [0.2, 0.25) is 0 Å². The summed E-state index contributed by atoms with van der Waals surface area (Å²) in [6.45, 7) is 3.33. The molecule has 2 amide bonds. The Morgan fingerprint density at radius 3 is 2.21 bits per heavy atom. The number of carboxylic acid groups (broad SMARTS) is 1. The van der Waals surface area contributed by atoms with Crippen LogP contribution in [0.15, 0.2) is 66.9 Å². The first-order chi connectivity index (χ1) is 16.2. The molecule has 1 aliphatic carbocycles. The molecule has 1 aliphatic rings. The van der Waals surface area contributed by atoms with Gasteiger partial charge in [-0.1, -0.05) is 48.5 Å². The number of aliphatic carboxylic acids is 1. The molecule has 0 atom stereocenters. The van der Waals surface area contributed by atoms with Crippen molar-refractivity contribution in [3.8, 4) is 11.1 Å². The highest BCUT2D eigenvalue weighted by Gasteiger charge is 2.30. The fourth-order valence-electron chi connectivity index (χ4n) is 4.22. The van der Waals surface area contributed by atoms with Crippen LogP contribution in [-0.4, -0.2) is 40.2 Å². The van der Waals surface area contributed by atoms with E-state index in [9.17, 15) is 14.4 Å². The smallest absolute Gasteiger partial charge is 0.411 e. The van der Waals surface area contributed by atoms with E-state index in [2.05, 4.69) is 27.8 Å². The molecular formula is C26H25N3O5. The molecule has 0 saturated heterocycles. The van der Waals surface area contributed by atoms with Gasteiger partial charge in [-0.05, 0) is 48.2 Å². The van der Waals surface area contributed by atoms with Gasteiger partial charge in [0.1, 0.15) is 6.61 Å². The number of nitrogens with one attached hydrogen (secondary N) is 2. The number of pyridine rings is 1. The molecule has 174 valence electrons. The van der Waals surface area contributed by atoms with E-state index in [4.69, 9.17) is 9.84 Å². The van der Waals surface area contributed by atoms with Gasteiger partial charge >= 0.3 is 12.1 Å². The second kappa shape index (κ2) is 9.35. The van der Waals surface area contributed by atoms with Crippen molar-refractivity contribution in [2.45, 2.75) is 31.7 Å². The Balaban J connectivity index is 1.45. The molecule has 1 heterocycles. The van der Waals surface area contributed by atoms with E-state index in [-0.39, 0.29) is 30.3 Å². The Kier molecular flexibility index (Phi) is 6.32. The molecule has 8 nitrogen and oxygen atoms in total. The summed E-state index contributed by atoms with van der Waals surface area (Å²) in [5.74, 6) is -1.73. The molecule has 0 spiro atoms. The fourth-order valence-corrected chi connectivity index (χ4v) is 4.22. The van der Waals surface area contributed by atoms with Crippen molar-refractivity contribution in [3.63, 3.8) is 0 Å². The van der Waals surface area contributed by atoms with E-state index in [0.29, 0.717) is 0 Å². The second-order valence-corrected chi connectivity index (χ2v) is 8.76. The van der Waals surface area contributed by atoms with Gasteiger partial charge in [0, 0.05) is 17.7 Å². The van der Waals surface area contributed by atoms with Crippen molar-refractivity contribution in [2.75, 3.05) is 11.9 Å². The fraction of sp³-hybridized carbons (Fsp3) is 0.231. The Morgan fingerprint density at radius 2 is 1.59 bits per heavy atom. The van der Waals surface area contributed by atoms with Crippen LogP contribution in [0.3, 0.4) is 0 Å². The first-order valence-corrected chi connectivity index (χ1v) is 10.9. The topological polar surface area (TPSA) is 118 Å². The lowest BCUT2D eigenvalue weighted by molar-refractivity contribution is -0.138. The number of nitrogens with zero attached hydrogens (tertiary/aromatic N) is 1. The van der Waals surface area contributed by atoms with Crippen LogP contribution in [-0.2, 0) is 9.53 Å². The molecule has 0 unspecified atom stereocenters. The summed E-state index contributed by atoms with van der Waals surface area (Å²) in [6.07, 6.45) is 0.441. The average Bonchev–Trinajstić information content (AvgIpc) is 3.10. The maximum Gasteiger partial charge on any atom is 0.411 e. The van der Waals surface area contributed by atoms with Gasteiger partial charge in [-0.3, -0.25) is 14.9 Å². The van der Waals surface area contributed by atoms with Crippen LogP contribution in [0, 0.1) is 0 Å². The number of ether oxygens (including phenoxy) is 1. The second-order valence-electron chi connectivity index (χ2n) is 8.76. The lowest BCUT2D eigenvalue weighted by atomic mass is 9.98. The molecule has 2 aromatic carbocycles. The van der Waals surface area contributed by atoms with Gasteiger partial charge in [0.05, 0.1) is 12.1 Å².